The first kappa shape index (κ1) is 22.4. The third-order valence-corrected chi connectivity index (χ3v) is 5.06. The molecule has 1 aliphatic heterocycles. The quantitative estimate of drug-likeness (QED) is 0.667. The van der Waals surface area contributed by atoms with Gasteiger partial charge in [0.1, 0.15) is 0 Å². The van der Waals surface area contributed by atoms with Crippen molar-refractivity contribution >= 4 is 29.9 Å². The third kappa shape index (κ3) is 6.34. The van der Waals surface area contributed by atoms with Gasteiger partial charge in [0.25, 0.3) is 11.5 Å². The Labute approximate surface area is 176 Å². The summed E-state index contributed by atoms with van der Waals surface area (Å²) >= 11 is 6.17. The molecular formula is C20H26Cl2N4O2. The van der Waals surface area contributed by atoms with Crippen molar-refractivity contribution in [2.45, 2.75) is 13.0 Å². The van der Waals surface area contributed by atoms with Crippen molar-refractivity contribution in [1.82, 2.24) is 20.1 Å². The molecular weight excluding hydrogens is 399 g/mol. The van der Waals surface area contributed by atoms with Gasteiger partial charge in [-0.25, -0.2) is 0 Å². The third-order valence-electron chi connectivity index (χ3n) is 4.69. The number of aromatic nitrogens is 1. The van der Waals surface area contributed by atoms with Gasteiger partial charge in [-0.05, 0) is 30.7 Å². The fraction of sp³-hybridized carbons (Fsp3) is 0.400. The van der Waals surface area contributed by atoms with Crippen LogP contribution in [-0.2, 0) is 6.54 Å². The Morgan fingerprint density at radius 1 is 1.14 bits per heavy atom. The number of nitrogens with zero attached hydrogens (tertiary/aromatic N) is 2. The van der Waals surface area contributed by atoms with E-state index in [1.165, 1.54) is 10.6 Å². The van der Waals surface area contributed by atoms with Crippen LogP contribution in [0, 0.1) is 0 Å². The predicted octanol–water partition coefficient (Wildman–Crippen LogP) is 2.00. The summed E-state index contributed by atoms with van der Waals surface area (Å²) in [6, 6.07) is 10.4. The molecule has 3 rings (SSSR count). The number of carbonyl (C=O) groups is 1. The lowest BCUT2D eigenvalue weighted by molar-refractivity contribution is 0.0950. The van der Waals surface area contributed by atoms with Crippen molar-refractivity contribution in [3.05, 3.63) is 69.1 Å². The minimum atomic E-state index is -0.164. The molecule has 0 atom stereocenters. The van der Waals surface area contributed by atoms with E-state index in [2.05, 4.69) is 15.5 Å². The van der Waals surface area contributed by atoms with Crippen LogP contribution < -0.4 is 16.2 Å². The van der Waals surface area contributed by atoms with Crippen molar-refractivity contribution in [2.24, 2.45) is 0 Å². The second-order valence-electron chi connectivity index (χ2n) is 6.68. The van der Waals surface area contributed by atoms with Crippen LogP contribution in [0.25, 0.3) is 0 Å². The molecule has 1 amide bonds. The monoisotopic (exact) mass is 424 g/mol. The van der Waals surface area contributed by atoms with Gasteiger partial charge in [0.2, 0.25) is 0 Å². The summed E-state index contributed by atoms with van der Waals surface area (Å²) in [6.07, 6.45) is 2.50. The predicted molar refractivity (Wildman–Crippen MR) is 115 cm³/mol. The molecule has 0 radical (unpaired) electrons. The van der Waals surface area contributed by atoms with E-state index < -0.39 is 0 Å². The maximum atomic E-state index is 12.4. The Morgan fingerprint density at radius 3 is 2.64 bits per heavy atom. The maximum Gasteiger partial charge on any atom is 0.252 e. The van der Waals surface area contributed by atoms with Crippen molar-refractivity contribution in [3.8, 4) is 0 Å². The zero-order valence-electron chi connectivity index (χ0n) is 15.7. The van der Waals surface area contributed by atoms with E-state index in [4.69, 9.17) is 11.6 Å². The Bertz CT molecular complexity index is 835. The van der Waals surface area contributed by atoms with Crippen LogP contribution in [0.2, 0.25) is 5.02 Å². The average Bonchev–Trinajstić information content (AvgIpc) is 2.69. The molecule has 2 N–H and O–H groups in total. The molecule has 0 unspecified atom stereocenters. The minimum absolute atomic E-state index is 0. The van der Waals surface area contributed by atoms with E-state index in [-0.39, 0.29) is 23.9 Å². The number of nitrogens with one attached hydrogen (secondary N) is 2. The number of amides is 1. The molecule has 1 aliphatic rings. The highest BCUT2D eigenvalue weighted by molar-refractivity contribution is 6.31. The van der Waals surface area contributed by atoms with Gasteiger partial charge in [-0.1, -0.05) is 29.8 Å². The van der Waals surface area contributed by atoms with Crippen LogP contribution in [0.4, 0.5) is 0 Å². The summed E-state index contributed by atoms with van der Waals surface area (Å²) in [6.45, 7) is 6.10. The fourth-order valence-electron chi connectivity index (χ4n) is 3.14. The highest BCUT2D eigenvalue weighted by Gasteiger charge is 2.11. The van der Waals surface area contributed by atoms with Crippen molar-refractivity contribution in [3.63, 3.8) is 0 Å². The Hall–Kier alpha value is -1.86. The normalized spacial score (nSPS) is 14.3. The molecule has 8 heteroatoms. The van der Waals surface area contributed by atoms with E-state index in [9.17, 15) is 9.59 Å². The first-order valence-electron chi connectivity index (χ1n) is 9.28. The molecule has 1 aromatic carbocycles. The van der Waals surface area contributed by atoms with Gasteiger partial charge in [-0.15, -0.1) is 12.4 Å². The Morgan fingerprint density at radius 2 is 1.89 bits per heavy atom. The van der Waals surface area contributed by atoms with E-state index >= 15 is 0 Å². The van der Waals surface area contributed by atoms with Crippen molar-refractivity contribution in [1.29, 1.82) is 0 Å². The molecule has 1 aromatic heterocycles. The topological polar surface area (TPSA) is 66.4 Å². The number of rotatable bonds is 7. The van der Waals surface area contributed by atoms with Crippen LogP contribution in [0.5, 0.6) is 0 Å². The van der Waals surface area contributed by atoms with Gasteiger partial charge in [0.05, 0.1) is 12.1 Å². The highest BCUT2D eigenvalue weighted by atomic mass is 35.5. The minimum Gasteiger partial charge on any atom is -0.352 e. The summed E-state index contributed by atoms with van der Waals surface area (Å²) in [5, 5.41) is 6.87. The molecule has 1 saturated heterocycles. The lowest BCUT2D eigenvalue weighted by atomic mass is 10.2. The number of piperazine rings is 1. The van der Waals surface area contributed by atoms with Crippen LogP contribution in [0.3, 0.4) is 0 Å². The first-order chi connectivity index (χ1) is 13.1. The van der Waals surface area contributed by atoms with E-state index in [1.54, 1.807) is 18.3 Å². The second kappa shape index (κ2) is 11.2. The van der Waals surface area contributed by atoms with Crippen LogP contribution in [0.1, 0.15) is 22.3 Å². The van der Waals surface area contributed by atoms with Gasteiger partial charge in [-0.2, -0.15) is 0 Å². The molecule has 2 aromatic rings. The van der Waals surface area contributed by atoms with Crippen molar-refractivity contribution in [2.75, 3.05) is 39.3 Å². The van der Waals surface area contributed by atoms with Gasteiger partial charge in [-0.3, -0.25) is 9.59 Å². The lowest BCUT2D eigenvalue weighted by Crippen LogP contribution is -2.44. The zero-order valence-corrected chi connectivity index (χ0v) is 17.3. The molecule has 152 valence electrons. The summed E-state index contributed by atoms with van der Waals surface area (Å²) in [4.78, 5) is 26.9. The fourth-order valence-corrected chi connectivity index (χ4v) is 3.34. The highest BCUT2D eigenvalue weighted by Crippen LogP contribution is 2.15. The van der Waals surface area contributed by atoms with E-state index in [1.807, 2.05) is 18.2 Å². The first-order valence-corrected chi connectivity index (χ1v) is 9.66. The van der Waals surface area contributed by atoms with Crippen LogP contribution in [-0.4, -0.2) is 54.6 Å². The molecule has 2 heterocycles. The number of benzene rings is 1. The molecule has 1 fully saturated rings. The SMILES string of the molecule is Cl.O=C(NCCCN1CCNCC1)c1ccc(=O)n(Cc2ccccc2Cl)c1. The van der Waals surface area contributed by atoms with Gasteiger partial charge >= 0.3 is 0 Å². The second-order valence-corrected chi connectivity index (χ2v) is 7.08. The van der Waals surface area contributed by atoms with Gasteiger partial charge in [0.15, 0.2) is 0 Å². The average molecular weight is 425 g/mol. The summed E-state index contributed by atoms with van der Waals surface area (Å²) in [5.41, 5.74) is 1.16. The number of hydrogen-bond donors (Lipinski definition) is 2. The standard InChI is InChI=1S/C20H25ClN4O2.ClH/c21-18-5-2-1-4-16(18)14-25-15-17(6-7-19(25)26)20(27)23-8-3-11-24-12-9-22-10-13-24;/h1-2,4-7,15,22H,3,8-14H2,(H,23,27);1H. The number of halogens is 2. The Balaban J connectivity index is 0.00000280. The Kier molecular flexibility index (Phi) is 8.99. The van der Waals surface area contributed by atoms with Gasteiger partial charge < -0.3 is 20.1 Å². The molecule has 6 nitrogen and oxygen atoms in total. The molecule has 0 spiro atoms. The maximum absolute atomic E-state index is 12.4. The van der Waals surface area contributed by atoms with Crippen LogP contribution in [0.15, 0.2) is 47.4 Å². The number of pyridine rings is 1. The number of carbonyl (C=O) groups excluding carboxylic acids is 1. The van der Waals surface area contributed by atoms with E-state index in [0.717, 1.165) is 44.7 Å². The largest absolute Gasteiger partial charge is 0.352 e. The molecule has 28 heavy (non-hydrogen) atoms. The lowest BCUT2D eigenvalue weighted by Gasteiger charge is -2.27. The van der Waals surface area contributed by atoms with Crippen LogP contribution >= 0.6 is 24.0 Å². The van der Waals surface area contributed by atoms with Crippen molar-refractivity contribution < 1.29 is 4.79 Å². The smallest absolute Gasteiger partial charge is 0.252 e. The summed E-state index contributed by atoms with van der Waals surface area (Å²) in [5.74, 6) is -0.164. The molecule has 0 bridgehead atoms. The van der Waals surface area contributed by atoms with Gasteiger partial charge in [0, 0.05) is 50.0 Å². The number of hydrogen-bond acceptors (Lipinski definition) is 4. The molecule has 0 saturated carbocycles. The van der Waals surface area contributed by atoms with E-state index in [0.29, 0.717) is 23.7 Å². The summed E-state index contributed by atoms with van der Waals surface area (Å²) in [7, 11) is 0. The zero-order chi connectivity index (χ0) is 19.1. The summed E-state index contributed by atoms with van der Waals surface area (Å²) < 4.78 is 1.51. The molecule has 0 aliphatic carbocycles.